The van der Waals surface area contributed by atoms with E-state index in [0.717, 1.165) is 0 Å². The predicted molar refractivity (Wildman–Crippen MR) is 69.0 cm³/mol. The third-order valence-corrected chi connectivity index (χ3v) is 2.95. The summed E-state index contributed by atoms with van der Waals surface area (Å²) in [4.78, 5) is 3.63. The Morgan fingerprint density at radius 2 is 2.00 bits per heavy atom. The molecule has 0 amide bonds. The number of pyridine rings is 1. The molecular formula is C13H7Cl2FN2. The number of aromatic nitrogens is 1. The van der Waals surface area contributed by atoms with Crippen LogP contribution in [-0.2, 0) is 6.42 Å². The molecule has 0 aliphatic heterocycles. The zero-order chi connectivity index (χ0) is 13.1. The first-order valence-electron chi connectivity index (χ1n) is 5.08. The Morgan fingerprint density at radius 3 is 2.67 bits per heavy atom. The van der Waals surface area contributed by atoms with Crippen LogP contribution < -0.4 is 0 Å². The number of nitrogens with zero attached hydrogens (tertiary/aromatic N) is 2. The van der Waals surface area contributed by atoms with Gasteiger partial charge in [-0.1, -0.05) is 29.3 Å². The van der Waals surface area contributed by atoms with E-state index in [1.165, 1.54) is 12.3 Å². The van der Waals surface area contributed by atoms with Crippen molar-refractivity contribution in [3.63, 3.8) is 0 Å². The standard InChI is InChI=1S/C13H7Cl2FN2/c14-9-1-2-10(12(15)6-9)11-5-8(3-4-17)7-18-13(11)16/h1-2,5-7H,3H2. The Morgan fingerprint density at radius 1 is 1.22 bits per heavy atom. The number of benzene rings is 1. The fraction of sp³-hybridized carbons (Fsp3) is 0.0769. The van der Waals surface area contributed by atoms with Gasteiger partial charge in [-0.25, -0.2) is 4.98 Å². The number of hydrogen-bond donors (Lipinski definition) is 0. The smallest absolute Gasteiger partial charge is 0.220 e. The molecule has 2 rings (SSSR count). The molecule has 0 bridgehead atoms. The van der Waals surface area contributed by atoms with Crippen LogP contribution in [-0.4, -0.2) is 4.98 Å². The summed E-state index contributed by atoms with van der Waals surface area (Å²) >= 11 is 11.8. The molecule has 0 radical (unpaired) electrons. The fourth-order valence-electron chi connectivity index (χ4n) is 1.58. The lowest BCUT2D eigenvalue weighted by Gasteiger charge is -2.07. The molecule has 0 saturated carbocycles. The Labute approximate surface area is 114 Å². The first kappa shape index (κ1) is 12.8. The summed E-state index contributed by atoms with van der Waals surface area (Å²) in [6.07, 6.45) is 1.51. The Hall–Kier alpha value is -1.63. The van der Waals surface area contributed by atoms with Crippen molar-refractivity contribution < 1.29 is 4.39 Å². The average Bonchev–Trinajstić information content (AvgIpc) is 2.33. The number of nitriles is 1. The highest BCUT2D eigenvalue weighted by Crippen LogP contribution is 2.31. The molecule has 2 aromatic rings. The first-order valence-corrected chi connectivity index (χ1v) is 5.84. The molecular weight excluding hydrogens is 274 g/mol. The summed E-state index contributed by atoms with van der Waals surface area (Å²) < 4.78 is 13.7. The lowest BCUT2D eigenvalue weighted by molar-refractivity contribution is 0.586. The van der Waals surface area contributed by atoms with Crippen LogP contribution in [0.25, 0.3) is 11.1 Å². The lowest BCUT2D eigenvalue weighted by Crippen LogP contribution is -1.93. The minimum Gasteiger partial charge on any atom is -0.227 e. The van der Waals surface area contributed by atoms with Gasteiger partial charge in [0.25, 0.3) is 0 Å². The van der Waals surface area contributed by atoms with Gasteiger partial charge in [-0.2, -0.15) is 9.65 Å². The van der Waals surface area contributed by atoms with E-state index in [1.807, 2.05) is 6.07 Å². The topological polar surface area (TPSA) is 36.7 Å². The van der Waals surface area contributed by atoms with Crippen molar-refractivity contribution in [1.29, 1.82) is 5.26 Å². The molecule has 0 aliphatic rings. The summed E-state index contributed by atoms with van der Waals surface area (Å²) in [5, 5.41) is 9.45. The van der Waals surface area contributed by atoms with Crippen molar-refractivity contribution in [3.8, 4) is 17.2 Å². The molecule has 2 nitrogen and oxygen atoms in total. The Balaban J connectivity index is 2.56. The van der Waals surface area contributed by atoms with Crippen LogP contribution >= 0.6 is 23.2 Å². The summed E-state index contributed by atoms with van der Waals surface area (Å²) in [6, 6.07) is 8.35. The normalized spacial score (nSPS) is 10.1. The van der Waals surface area contributed by atoms with Crippen molar-refractivity contribution in [2.75, 3.05) is 0 Å². The minimum atomic E-state index is -0.624. The molecule has 0 spiro atoms. The summed E-state index contributed by atoms with van der Waals surface area (Å²) in [5.74, 6) is -0.624. The second kappa shape index (κ2) is 5.34. The van der Waals surface area contributed by atoms with E-state index in [9.17, 15) is 4.39 Å². The fourth-order valence-corrected chi connectivity index (χ4v) is 2.09. The highest BCUT2D eigenvalue weighted by Gasteiger charge is 2.11. The van der Waals surface area contributed by atoms with Gasteiger partial charge in [0.2, 0.25) is 5.95 Å². The van der Waals surface area contributed by atoms with Gasteiger partial charge in [0.1, 0.15) is 0 Å². The first-order chi connectivity index (χ1) is 8.61. The zero-order valence-electron chi connectivity index (χ0n) is 9.12. The van der Waals surface area contributed by atoms with Crippen molar-refractivity contribution in [3.05, 3.63) is 52.0 Å². The van der Waals surface area contributed by atoms with E-state index < -0.39 is 5.95 Å². The van der Waals surface area contributed by atoms with Crippen LogP contribution in [0.3, 0.4) is 0 Å². The largest absolute Gasteiger partial charge is 0.227 e. The molecule has 5 heteroatoms. The molecule has 0 aliphatic carbocycles. The van der Waals surface area contributed by atoms with Crippen LogP contribution in [0, 0.1) is 17.3 Å². The molecule has 0 N–H and O–H groups in total. The number of rotatable bonds is 2. The summed E-state index contributed by atoms with van der Waals surface area (Å²) in [6.45, 7) is 0. The minimum absolute atomic E-state index is 0.172. The maximum absolute atomic E-state index is 13.7. The summed E-state index contributed by atoms with van der Waals surface area (Å²) in [5.41, 5.74) is 1.41. The number of halogens is 3. The van der Waals surface area contributed by atoms with E-state index >= 15 is 0 Å². The molecule has 1 aromatic carbocycles. The van der Waals surface area contributed by atoms with Crippen molar-refractivity contribution in [2.24, 2.45) is 0 Å². The third-order valence-electron chi connectivity index (χ3n) is 2.40. The highest BCUT2D eigenvalue weighted by molar-refractivity contribution is 6.36. The number of hydrogen-bond acceptors (Lipinski definition) is 2. The molecule has 0 saturated heterocycles. The maximum Gasteiger partial charge on any atom is 0.220 e. The van der Waals surface area contributed by atoms with Crippen LogP contribution in [0.2, 0.25) is 10.0 Å². The zero-order valence-corrected chi connectivity index (χ0v) is 10.6. The Bertz CT molecular complexity index is 635. The summed E-state index contributed by atoms with van der Waals surface area (Å²) in [7, 11) is 0. The van der Waals surface area contributed by atoms with Crippen LogP contribution in [0.5, 0.6) is 0 Å². The van der Waals surface area contributed by atoms with Crippen molar-refractivity contribution in [1.82, 2.24) is 4.98 Å². The van der Waals surface area contributed by atoms with Gasteiger partial charge in [-0.15, -0.1) is 0 Å². The highest BCUT2D eigenvalue weighted by atomic mass is 35.5. The van der Waals surface area contributed by atoms with E-state index in [2.05, 4.69) is 4.98 Å². The van der Waals surface area contributed by atoms with E-state index in [-0.39, 0.29) is 12.0 Å². The monoisotopic (exact) mass is 280 g/mol. The average molecular weight is 281 g/mol. The quantitative estimate of drug-likeness (QED) is 0.771. The second-order valence-electron chi connectivity index (χ2n) is 3.64. The van der Waals surface area contributed by atoms with Gasteiger partial charge in [-0.3, -0.25) is 0 Å². The van der Waals surface area contributed by atoms with Gasteiger partial charge in [0, 0.05) is 22.3 Å². The Kier molecular flexibility index (Phi) is 3.81. The van der Waals surface area contributed by atoms with E-state index in [4.69, 9.17) is 28.5 Å². The molecule has 1 aromatic heterocycles. The molecule has 1 heterocycles. The van der Waals surface area contributed by atoms with Gasteiger partial charge < -0.3 is 0 Å². The molecule has 0 fully saturated rings. The van der Waals surface area contributed by atoms with E-state index in [0.29, 0.717) is 21.2 Å². The van der Waals surface area contributed by atoms with Crippen LogP contribution in [0.4, 0.5) is 4.39 Å². The van der Waals surface area contributed by atoms with Crippen molar-refractivity contribution in [2.45, 2.75) is 6.42 Å². The lowest BCUT2D eigenvalue weighted by atomic mass is 10.0. The third kappa shape index (κ3) is 2.61. The predicted octanol–water partition coefficient (Wildman–Crippen LogP) is 4.26. The second-order valence-corrected chi connectivity index (χ2v) is 4.48. The van der Waals surface area contributed by atoms with Crippen molar-refractivity contribution >= 4 is 23.2 Å². The van der Waals surface area contributed by atoms with Gasteiger partial charge in [0.15, 0.2) is 0 Å². The molecule has 0 atom stereocenters. The molecule has 0 unspecified atom stereocenters. The molecule has 18 heavy (non-hydrogen) atoms. The van der Waals surface area contributed by atoms with Crippen LogP contribution in [0.15, 0.2) is 30.5 Å². The van der Waals surface area contributed by atoms with Gasteiger partial charge in [0.05, 0.1) is 17.5 Å². The molecule has 90 valence electrons. The van der Waals surface area contributed by atoms with E-state index in [1.54, 1.807) is 18.2 Å². The van der Waals surface area contributed by atoms with Gasteiger partial charge in [-0.05, 0) is 23.8 Å². The van der Waals surface area contributed by atoms with Gasteiger partial charge >= 0.3 is 0 Å². The van der Waals surface area contributed by atoms with Crippen LogP contribution in [0.1, 0.15) is 5.56 Å². The SMILES string of the molecule is N#CCc1cnc(F)c(-c2ccc(Cl)cc2Cl)c1. The maximum atomic E-state index is 13.7.